The van der Waals surface area contributed by atoms with E-state index in [1.807, 2.05) is 0 Å². The van der Waals surface area contributed by atoms with Crippen LogP contribution in [0, 0.1) is 5.92 Å². The second kappa shape index (κ2) is 5.15. The van der Waals surface area contributed by atoms with Crippen molar-refractivity contribution in [2.45, 2.75) is 44.2 Å². The van der Waals surface area contributed by atoms with E-state index in [1.165, 1.54) is 32.1 Å². The summed E-state index contributed by atoms with van der Waals surface area (Å²) in [7, 11) is 1.73. The van der Waals surface area contributed by atoms with Crippen LogP contribution >= 0.6 is 0 Å². The Morgan fingerprint density at radius 2 is 2.19 bits per heavy atom. The normalized spacial score (nSPS) is 32.3. The van der Waals surface area contributed by atoms with Gasteiger partial charge in [0.15, 0.2) is 0 Å². The Morgan fingerprint density at radius 1 is 1.44 bits per heavy atom. The maximum atomic E-state index is 11.0. The number of aliphatic carboxylic acids is 1. The standard InChI is InChI=1S/C12H22N2O2/c1-13-10(12(15)16)8-14-7-3-5-9-4-2-6-11(9)14/h9-11,13H,2-8H2,1H3,(H,15,16). The number of likely N-dealkylation sites (N-methyl/N-ethyl adjacent to an activating group) is 1. The van der Waals surface area contributed by atoms with Crippen molar-refractivity contribution < 1.29 is 9.90 Å². The van der Waals surface area contributed by atoms with Crippen molar-refractivity contribution in [3.63, 3.8) is 0 Å². The molecule has 0 spiro atoms. The molecule has 1 aliphatic heterocycles. The third-order valence-electron chi connectivity index (χ3n) is 4.17. The van der Waals surface area contributed by atoms with E-state index in [0.29, 0.717) is 12.6 Å². The van der Waals surface area contributed by atoms with E-state index in [4.69, 9.17) is 5.11 Å². The van der Waals surface area contributed by atoms with Crippen LogP contribution < -0.4 is 5.32 Å². The van der Waals surface area contributed by atoms with Crippen molar-refractivity contribution >= 4 is 5.97 Å². The van der Waals surface area contributed by atoms with E-state index in [-0.39, 0.29) is 0 Å². The summed E-state index contributed by atoms with van der Waals surface area (Å²) in [5.41, 5.74) is 0. The van der Waals surface area contributed by atoms with Crippen molar-refractivity contribution in [3.05, 3.63) is 0 Å². The molecule has 3 unspecified atom stereocenters. The Bertz CT molecular complexity index is 257. The van der Waals surface area contributed by atoms with Crippen LogP contribution in [0.3, 0.4) is 0 Å². The Balaban J connectivity index is 1.94. The molecule has 1 saturated carbocycles. The van der Waals surface area contributed by atoms with Crippen molar-refractivity contribution in [2.75, 3.05) is 20.1 Å². The van der Waals surface area contributed by atoms with Crippen LogP contribution in [-0.2, 0) is 4.79 Å². The first-order chi connectivity index (χ1) is 7.72. The van der Waals surface area contributed by atoms with E-state index in [0.717, 1.165) is 12.5 Å². The molecule has 0 aromatic heterocycles. The zero-order chi connectivity index (χ0) is 11.5. The number of carbonyl (C=O) groups is 1. The lowest BCUT2D eigenvalue weighted by atomic mass is 9.91. The van der Waals surface area contributed by atoms with Crippen LogP contribution in [0.1, 0.15) is 32.1 Å². The molecule has 2 rings (SSSR count). The summed E-state index contributed by atoms with van der Waals surface area (Å²) in [6.07, 6.45) is 6.51. The fraction of sp³-hybridized carbons (Fsp3) is 0.917. The highest BCUT2D eigenvalue weighted by Gasteiger charge is 2.36. The van der Waals surface area contributed by atoms with Gasteiger partial charge >= 0.3 is 5.97 Å². The summed E-state index contributed by atoms with van der Waals surface area (Å²) < 4.78 is 0. The molecule has 4 heteroatoms. The molecule has 92 valence electrons. The van der Waals surface area contributed by atoms with E-state index >= 15 is 0 Å². The number of carboxylic acid groups (broad SMARTS) is 1. The maximum absolute atomic E-state index is 11.0. The maximum Gasteiger partial charge on any atom is 0.322 e. The highest BCUT2D eigenvalue weighted by Crippen LogP contribution is 2.36. The van der Waals surface area contributed by atoms with E-state index < -0.39 is 12.0 Å². The van der Waals surface area contributed by atoms with Crippen LogP contribution in [0.25, 0.3) is 0 Å². The number of hydrogen-bond donors (Lipinski definition) is 2. The van der Waals surface area contributed by atoms with E-state index in [2.05, 4.69) is 10.2 Å². The Kier molecular flexibility index (Phi) is 3.82. The molecule has 2 aliphatic rings. The van der Waals surface area contributed by atoms with Crippen LogP contribution in [0.15, 0.2) is 0 Å². The van der Waals surface area contributed by atoms with Gasteiger partial charge in [-0.15, -0.1) is 0 Å². The minimum absolute atomic E-state index is 0.417. The molecule has 1 aliphatic carbocycles. The minimum atomic E-state index is -0.734. The molecule has 4 nitrogen and oxygen atoms in total. The number of nitrogens with one attached hydrogen (secondary N) is 1. The predicted octanol–water partition coefficient (Wildman–Crippen LogP) is 0.923. The van der Waals surface area contributed by atoms with Gasteiger partial charge in [-0.1, -0.05) is 6.42 Å². The lowest BCUT2D eigenvalue weighted by Crippen LogP contribution is -2.51. The molecule has 3 atom stereocenters. The molecule has 0 amide bonds. The van der Waals surface area contributed by atoms with Gasteiger partial charge in [-0.25, -0.2) is 0 Å². The SMILES string of the molecule is CNC(CN1CCCC2CCCC21)C(=O)O. The fourth-order valence-electron chi connectivity index (χ4n) is 3.31. The summed E-state index contributed by atoms with van der Waals surface area (Å²) in [5.74, 6) is 0.0997. The van der Waals surface area contributed by atoms with Gasteiger partial charge < -0.3 is 10.4 Å². The smallest absolute Gasteiger partial charge is 0.322 e. The Hall–Kier alpha value is -0.610. The summed E-state index contributed by atoms with van der Waals surface area (Å²) in [6, 6.07) is 0.239. The molecule has 1 heterocycles. The molecule has 1 saturated heterocycles. The largest absolute Gasteiger partial charge is 0.480 e. The first-order valence-corrected chi connectivity index (χ1v) is 6.36. The van der Waals surface area contributed by atoms with Crippen molar-refractivity contribution in [2.24, 2.45) is 5.92 Å². The zero-order valence-electron chi connectivity index (χ0n) is 9.98. The summed E-state index contributed by atoms with van der Waals surface area (Å²) in [5, 5.41) is 11.9. The molecule has 2 N–H and O–H groups in total. The fourth-order valence-corrected chi connectivity index (χ4v) is 3.31. The third kappa shape index (κ3) is 2.38. The van der Waals surface area contributed by atoms with Crippen molar-refractivity contribution in [3.8, 4) is 0 Å². The minimum Gasteiger partial charge on any atom is -0.480 e. The monoisotopic (exact) mass is 226 g/mol. The van der Waals surface area contributed by atoms with Crippen LogP contribution in [0.5, 0.6) is 0 Å². The van der Waals surface area contributed by atoms with Gasteiger partial charge in [0, 0.05) is 12.6 Å². The first kappa shape index (κ1) is 11.9. The molecular formula is C12H22N2O2. The van der Waals surface area contributed by atoms with Crippen LogP contribution in [0.2, 0.25) is 0 Å². The zero-order valence-corrected chi connectivity index (χ0v) is 9.98. The van der Waals surface area contributed by atoms with Gasteiger partial charge in [-0.3, -0.25) is 9.69 Å². The molecule has 16 heavy (non-hydrogen) atoms. The Morgan fingerprint density at radius 3 is 2.88 bits per heavy atom. The number of rotatable bonds is 4. The topological polar surface area (TPSA) is 52.6 Å². The molecule has 2 fully saturated rings. The van der Waals surface area contributed by atoms with E-state index in [1.54, 1.807) is 7.05 Å². The highest BCUT2D eigenvalue weighted by molar-refractivity contribution is 5.73. The number of nitrogens with zero attached hydrogens (tertiary/aromatic N) is 1. The quantitative estimate of drug-likeness (QED) is 0.748. The van der Waals surface area contributed by atoms with E-state index in [9.17, 15) is 4.79 Å². The average Bonchev–Trinajstić information content (AvgIpc) is 2.73. The molecular weight excluding hydrogens is 204 g/mol. The number of fused-ring (bicyclic) bond motifs is 1. The lowest BCUT2D eigenvalue weighted by molar-refractivity contribution is -0.140. The Labute approximate surface area is 97.0 Å². The summed E-state index contributed by atoms with van der Waals surface area (Å²) in [6.45, 7) is 1.74. The molecule has 0 radical (unpaired) electrons. The number of hydrogen-bond acceptors (Lipinski definition) is 3. The second-order valence-corrected chi connectivity index (χ2v) is 5.07. The van der Waals surface area contributed by atoms with Crippen LogP contribution in [-0.4, -0.2) is 48.2 Å². The number of likely N-dealkylation sites (tertiary alicyclic amines) is 1. The van der Waals surface area contributed by atoms with Crippen molar-refractivity contribution in [1.29, 1.82) is 0 Å². The van der Waals surface area contributed by atoms with Gasteiger partial charge in [0.05, 0.1) is 0 Å². The first-order valence-electron chi connectivity index (χ1n) is 6.36. The van der Waals surface area contributed by atoms with Crippen molar-refractivity contribution in [1.82, 2.24) is 10.2 Å². The number of piperidine rings is 1. The molecule has 0 aromatic rings. The molecule has 0 aromatic carbocycles. The highest BCUT2D eigenvalue weighted by atomic mass is 16.4. The third-order valence-corrected chi connectivity index (χ3v) is 4.17. The van der Waals surface area contributed by atoms with Crippen LogP contribution in [0.4, 0.5) is 0 Å². The van der Waals surface area contributed by atoms with Gasteiger partial charge in [-0.05, 0) is 45.2 Å². The number of carboxylic acids is 1. The van der Waals surface area contributed by atoms with Gasteiger partial charge in [0.1, 0.15) is 6.04 Å². The average molecular weight is 226 g/mol. The molecule has 0 bridgehead atoms. The summed E-state index contributed by atoms with van der Waals surface area (Å²) in [4.78, 5) is 13.4. The predicted molar refractivity (Wildman–Crippen MR) is 62.4 cm³/mol. The van der Waals surface area contributed by atoms with Gasteiger partial charge in [0.2, 0.25) is 0 Å². The second-order valence-electron chi connectivity index (χ2n) is 5.07. The summed E-state index contributed by atoms with van der Waals surface area (Å²) >= 11 is 0. The lowest BCUT2D eigenvalue weighted by Gasteiger charge is -2.38. The van der Waals surface area contributed by atoms with Gasteiger partial charge in [-0.2, -0.15) is 0 Å². The van der Waals surface area contributed by atoms with Gasteiger partial charge in [0.25, 0.3) is 0 Å².